The molecule has 170 valence electrons. The third-order valence-corrected chi connectivity index (χ3v) is 5.85. The molecular weight excluding hydrogens is 416 g/mol. The zero-order valence-electron chi connectivity index (χ0n) is 19.3. The Morgan fingerprint density at radius 2 is 1.67 bits per heavy atom. The lowest BCUT2D eigenvalue weighted by atomic mass is 10.0. The number of aryl methyl sites for hydroxylation is 2. The minimum atomic E-state index is -0.417. The van der Waals surface area contributed by atoms with Crippen LogP contribution >= 0.6 is 0 Å². The number of pyridine rings is 1. The summed E-state index contributed by atoms with van der Waals surface area (Å²) in [5.74, 6) is -0.788. The third-order valence-electron chi connectivity index (χ3n) is 5.85. The SMILES string of the molecule is CCCc1[nH]n(-c2ccccc2)c(=O)c1C1=C([n+]2cccc(CC)c2)C(=O)N(CCC)C1=O. The standard InChI is InChI=1S/C26H28N4O3/c1-4-11-20-21(25(32)30(27-20)19-13-8-7-9-14-19)22-23(26(33)29(15-5-2)24(22)31)28-16-10-12-18(6-3)17-28/h7-10,12-14,16-17H,4-6,11,15H2,1-3H3/p+1. The van der Waals surface area contributed by atoms with Crippen molar-refractivity contribution in [3.8, 4) is 5.69 Å². The summed E-state index contributed by atoms with van der Waals surface area (Å²) in [6, 6.07) is 13.1. The number of rotatable bonds is 8. The quantitative estimate of drug-likeness (QED) is 0.427. The first kappa shape index (κ1) is 22.5. The number of hydrogen-bond donors (Lipinski definition) is 1. The van der Waals surface area contributed by atoms with Crippen molar-refractivity contribution < 1.29 is 14.2 Å². The summed E-state index contributed by atoms with van der Waals surface area (Å²) in [4.78, 5) is 42.0. The second kappa shape index (κ2) is 9.40. The number of aromatic nitrogens is 3. The highest BCUT2D eigenvalue weighted by atomic mass is 16.2. The maximum absolute atomic E-state index is 13.7. The Balaban J connectivity index is 2.01. The van der Waals surface area contributed by atoms with Crippen LogP contribution in [0.3, 0.4) is 0 Å². The first-order valence-electron chi connectivity index (χ1n) is 11.5. The van der Waals surface area contributed by atoms with E-state index in [0.717, 1.165) is 18.4 Å². The van der Waals surface area contributed by atoms with Crippen LogP contribution < -0.4 is 10.1 Å². The van der Waals surface area contributed by atoms with Gasteiger partial charge < -0.3 is 0 Å². The van der Waals surface area contributed by atoms with Gasteiger partial charge in [0.2, 0.25) is 0 Å². The van der Waals surface area contributed by atoms with E-state index in [-0.39, 0.29) is 28.3 Å². The molecule has 7 nitrogen and oxygen atoms in total. The maximum Gasteiger partial charge on any atom is 0.326 e. The first-order valence-corrected chi connectivity index (χ1v) is 11.5. The molecule has 1 N–H and O–H groups in total. The van der Waals surface area contributed by atoms with Crippen molar-refractivity contribution in [2.24, 2.45) is 0 Å². The molecule has 1 aliphatic rings. The summed E-state index contributed by atoms with van der Waals surface area (Å²) >= 11 is 0. The zero-order chi connectivity index (χ0) is 23.5. The number of benzene rings is 1. The lowest BCUT2D eigenvalue weighted by molar-refractivity contribution is -0.577. The Kier molecular flexibility index (Phi) is 6.40. The van der Waals surface area contributed by atoms with Gasteiger partial charge >= 0.3 is 5.91 Å². The number of H-pyrrole nitrogens is 1. The van der Waals surface area contributed by atoms with E-state index < -0.39 is 5.91 Å². The highest BCUT2D eigenvalue weighted by Gasteiger charge is 2.47. The van der Waals surface area contributed by atoms with E-state index in [2.05, 4.69) is 5.10 Å². The normalized spacial score (nSPS) is 14.0. The molecule has 2 aromatic heterocycles. The van der Waals surface area contributed by atoms with Gasteiger partial charge in [-0.25, -0.2) is 4.68 Å². The van der Waals surface area contributed by atoms with Gasteiger partial charge in [-0.15, -0.1) is 0 Å². The van der Waals surface area contributed by atoms with Gasteiger partial charge in [0.15, 0.2) is 12.4 Å². The largest absolute Gasteiger partial charge is 0.326 e. The van der Waals surface area contributed by atoms with Crippen molar-refractivity contribution in [2.75, 3.05) is 6.54 Å². The van der Waals surface area contributed by atoms with Crippen LogP contribution in [0, 0.1) is 0 Å². The van der Waals surface area contributed by atoms with Crippen molar-refractivity contribution in [1.82, 2.24) is 14.7 Å². The molecule has 3 aromatic rings. The molecule has 0 bridgehead atoms. The number of carbonyl (C=O) groups excluding carboxylic acids is 2. The van der Waals surface area contributed by atoms with Crippen LogP contribution in [-0.2, 0) is 22.4 Å². The van der Waals surface area contributed by atoms with E-state index >= 15 is 0 Å². The number of aromatic amines is 1. The van der Waals surface area contributed by atoms with E-state index in [0.29, 0.717) is 30.8 Å². The molecule has 33 heavy (non-hydrogen) atoms. The van der Waals surface area contributed by atoms with Crippen molar-refractivity contribution >= 4 is 23.1 Å². The molecule has 0 aliphatic carbocycles. The maximum atomic E-state index is 13.7. The molecule has 0 unspecified atom stereocenters. The van der Waals surface area contributed by atoms with Gasteiger partial charge in [-0.05, 0) is 37.5 Å². The zero-order valence-corrected chi connectivity index (χ0v) is 19.3. The highest BCUT2D eigenvalue weighted by molar-refractivity contribution is 6.44. The van der Waals surface area contributed by atoms with Crippen LogP contribution in [0.5, 0.6) is 0 Å². The Morgan fingerprint density at radius 3 is 2.33 bits per heavy atom. The summed E-state index contributed by atoms with van der Waals surface area (Å²) in [5.41, 5.74) is 2.72. The number of amides is 2. The minimum Gasteiger partial charge on any atom is -0.294 e. The van der Waals surface area contributed by atoms with Crippen LogP contribution in [0.25, 0.3) is 17.0 Å². The summed E-state index contributed by atoms with van der Waals surface area (Å²) < 4.78 is 3.15. The summed E-state index contributed by atoms with van der Waals surface area (Å²) in [6.45, 7) is 6.27. The van der Waals surface area contributed by atoms with Gasteiger partial charge in [-0.3, -0.25) is 24.4 Å². The molecule has 4 rings (SSSR count). The van der Waals surface area contributed by atoms with Crippen molar-refractivity contribution in [3.63, 3.8) is 0 Å². The molecule has 0 fully saturated rings. The molecule has 1 aromatic carbocycles. The number of nitrogens with one attached hydrogen (secondary N) is 1. The van der Waals surface area contributed by atoms with Crippen LogP contribution in [-0.4, -0.2) is 33.0 Å². The smallest absolute Gasteiger partial charge is 0.294 e. The number of hydrogen-bond acceptors (Lipinski definition) is 3. The molecule has 2 amide bonds. The molecular formula is C26H29N4O3+. The van der Waals surface area contributed by atoms with Crippen LogP contribution in [0.15, 0.2) is 59.7 Å². The van der Waals surface area contributed by atoms with Crippen LogP contribution in [0.4, 0.5) is 0 Å². The van der Waals surface area contributed by atoms with Gasteiger partial charge in [0.25, 0.3) is 17.2 Å². The fourth-order valence-corrected chi connectivity index (χ4v) is 4.26. The molecule has 0 saturated heterocycles. The lowest BCUT2D eigenvalue weighted by Gasteiger charge is -2.11. The molecule has 7 heteroatoms. The van der Waals surface area contributed by atoms with Crippen molar-refractivity contribution in [2.45, 2.75) is 46.5 Å². The average molecular weight is 446 g/mol. The Hall–Kier alpha value is -3.74. The first-order chi connectivity index (χ1) is 16.0. The average Bonchev–Trinajstić information content (AvgIpc) is 3.28. The summed E-state index contributed by atoms with van der Waals surface area (Å²) in [7, 11) is 0. The van der Waals surface area contributed by atoms with Gasteiger partial charge in [0.1, 0.15) is 5.57 Å². The summed E-state index contributed by atoms with van der Waals surface area (Å²) in [6.07, 6.45) is 6.41. The van der Waals surface area contributed by atoms with Gasteiger partial charge in [0, 0.05) is 23.9 Å². The second-order valence-electron chi connectivity index (χ2n) is 8.15. The van der Waals surface area contributed by atoms with E-state index in [9.17, 15) is 14.4 Å². The molecule has 0 spiro atoms. The van der Waals surface area contributed by atoms with Crippen molar-refractivity contribution in [1.29, 1.82) is 0 Å². The van der Waals surface area contributed by atoms with Crippen LogP contribution in [0.2, 0.25) is 0 Å². The predicted molar refractivity (Wildman–Crippen MR) is 127 cm³/mol. The Labute approximate surface area is 193 Å². The van der Waals surface area contributed by atoms with Crippen LogP contribution in [0.1, 0.15) is 50.4 Å². The fourth-order valence-electron chi connectivity index (χ4n) is 4.26. The Morgan fingerprint density at radius 1 is 0.909 bits per heavy atom. The van der Waals surface area contributed by atoms with E-state index in [1.807, 2.05) is 69.4 Å². The molecule has 3 heterocycles. The summed E-state index contributed by atoms with van der Waals surface area (Å²) in [5, 5.41) is 3.20. The second-order valence-corrected chi connectivity index (χ2v) is 8.15. The van der Waals surface area contributed by atoms with Gasteiger partial charge in [-0.2, -0.15) is 4.57 Å². The number of carbonyl (C=O) groups is 2. The lowest BCUT2D eigenvalue weighted by Crippen LogP contribution is -2.40. The van der Waals surface area contributed by atoms with Gasteiger partial charge in [0.05, 0.1) is 11.3 Å². The van der Waals surface area contributed by atoms with Gasteiger partial charge in [-0.1, -0.05) is 45.4 Å². The fraction of sp³-hybridized carbons (Fsp3) is 0.308. The van der Waals surface area contributed by atoms with E-state index in [1.165, 1.54) is 9.58 Å². The van der Waals surface area contributed by atoms with E-state index in [1.54, 1.807) is 10.8 Å². The molecule has 0 saturated carbocycles. The molecule has 1 aliphatic heterocycles. The topological polar surface area (TPSA) is 79.1 Å². The predicted octanol–water partition coefficient (Wildman–Crippen LogP) is 3.12. The Bertz CT molecular complexity index is 1280. The monoisotopic (exact) mass is 445 g/mol. The minimum absolute atomic E-state index is 0.172. The molecule has 0 atom stereocenters. The van der Waals surface area contributed by atoms with Crippen molar-refractivity contribution in [3.05, 3.63) is 82.0 Å². The molecule has 0 radical (unpaired) electrons. The third kappa shape index (κ3) is 3.95. The van der Waals surface area contributed by atoms with E-state index in [4.69, 9.17) is 0 Å². The number of imide groups is 1. The number of para-hydroxylation sites is 1. The number of nitrogens with zero attached hydrogens (tertiary/aromatic N) is 3. The highest BCUT2D eigenvalue weighted by Crippen LogP contribution is 2.30.